The molecule has 3 rings (SSSR count). The van der Waals surface area contributed by atoms with Crippen LogP contribution < -0.4 is 5.32 Å². The number of fused-ring (bicyclic) bond motifs is 1. The summed E-state index contributed by atoms with van der Waals surface area (Å²) in [7, 11) is 1.56. The molecule has 0 aliphatic heterocycles. The zero-order valence-electron chi connectivity index (χ0n) is 12.2. The van der Waals surface area contributed by atoms with Gasteiger partial charge in [0.2, 0.25) is 5.89 Å². The van der Waals surface area contributed by atoms with Crippen molar-refractivity contribution in [3.8, 4) is 0 Å². The summed E-state index contributed by atoms with van der Waals surface area (Å²) in [6.07, 6.45) is 1.78. The molecule has 120 valence electrons. The van der Waals surface area contributed by atoms with Crippen LogP contribution in [-0.4, -0.2) is 33.8 Å². The third-order valence-corrected chi connectivity index (χ3v) is 3.40. The summed E-state index contributed by atoms with van der Waals surface area (Å²) in [5.41, 5.74) is 0.176. The lowest BCUT2D eigenvalue weighted by molar-refractivity contribution is 0.174. The third-order valence-electron chi connectivity index (χ3n) is 3.11. The van der Waals surface area contributed by atoms with Crippen LogP contribution in [0.3, 0.4) is 0 Å². The Morgan fingerprint density at radius 1 is 1.35 bits per heavy atom. The van der Waals surface area contributed by atoms with E-state index in [4.69, 9.17) is 20.9 Å². The summed E-state index contributed by atoms with van der Waals surface area (Å²) in [5.74, 6) is 0.932. The van der Waals surface area contributed by atoms with E-state index in [1.807, 2.05) is 0 Å². The lowest BCUT2D eigenvalue weighted by atomic mass is 10.2. The Morgan fingerprint density at radius 3 is 3.04 bits per heavy atom. The van der Waals surface area contributed by atoms with Gasteiger partial charge < -0.3 is 14.6 Å². The van der Waals surface area contributed by atoms with Crippen molar-refractivity contribution in [1.29, 1.82) is 0 Å². The van der Waals surface area contributed by atoms with Crippen molar-refractivity contribution < 1.29 is 13.7 Å². The largest absolute Gasteiger partial charge is 0.377 e. The molecule has 7 nitrogen and oxygen atoms in total. The SMILES string of the molecule is COCc1noc(CCNc2ncnc3c(F)c(Cl)ccc23)n1. The van der Waals surface area contributed by atoms with Gasteiger partial charge >= 0.3 is 0 Å². The third kappa shape index (κ3) is 3.38. The zero-order valence-corrected chi connectivity index (χ0v) is 13.0. The van der Waals surface area contributed by atoms with E-state index in [2.05, 4.69) is 25.4 Å². The van der Waals surface area contributed by atoms with Gasteiger partial charge in [0.15, 0.2) is 11.6 Å². The smallest absolute Gasteiger partial charge is 0.228 e. The highest BCUT2D eigenvalue weighted by molar-refractivity contribution is 6.31. The van der Waals surface area contributed by atoms with Crippen LogP contribution in [0.4, 0.5) is 10.2 Å². The fraction of sp³-hybridized carbons (Fsp3) is 0.286. The molecule has 0 unspecified atom stereocenters. The molecule has 2 heterocycles. The van der Waals surface area contributed by atoms with Crippen molar-refractivity contribution in [1.82, 2.24) is 20.1 Å². The first-order valence-corrected chi connectivity index (χ1v) is 7.20. The number of hydrogen-bond acceptors (Lipinski definition) is 7. The molecule has 0 atom stereocenters. The summed E-state index contributed by atoms with van der Waals surface area (Å²) in [4.78, 5) is 12.2. The zero-order chi connectivity index (χ0) is 16.2. The van der Waals surface area contributed by atoms with Gasteiger partial charge in [-0.25, -0.2) is 14.4 Å². The van der Waals surface area contributed by atoms with E-state index in [1.165, 1.54) is 12.4 Å². The van der Waals surface area contributed by atoms with E-state index in [0.29, 0.717) is 42.5 Å². The Balaban J connectivity index is 1.70. The van der Waals surface area contributed by atoms with Crippen LogP contribution in [0.25, 0.3) is 10.9 Å². The molecule has 1 aromatic carbocycles. The first-order valence-electron chi connectivity index (χ1n) is 6.82. The minimum Gasteiger partial charge on any atom is -0.377 e. The van der Waals surface area contributed by atoms with Gasteiger partial charge in [-0.1, -0.05) is 16.8 Å². The van der Waals surface area contributed by atoms with E-state index in [9.17, 15) is 4.39 Å². The van der Waals surface area contributed by atoms with Crippen LogP contribution >= 0.6 is 11.6 Å². The van der Waals surface area contributed by atoms with E-state index in [-0.39, 0.29) is 10.5 Å². The number of benzene rings is 1. The minimum atomic E-state index is -0.560. The predicted molar refractivity (Wildman–Crippen MR) is 81.7 cm³/mol. The monoisotopic (exact) mass is 337 g/mol. The average Bonchev–Trinajstić information content (AvgIpc) is 2.99. The molecule has 9 heteroatoms. The van der Waals surface area contributed by atoms with Crippen molar-refractivity contribution >= 4 is 28.3 Å². The van der Waals surface area contributed by atoms with Crippen LogP contribution in [0.5, 0.6) is 0 Å². The van der Waals surface area contributed by atoms with Crippen molar-refractivity contribution in [3.05, 3.63) is 41.0 Å². The first-order chi connectivity index (χ1) is 11.2. The van der Waals surface area contributed by atoms with Gasteiger partial charge in [0.25, 0.3) is 0 Å². The van der Waals surface area contributed by atoms with E-state index in [0.717, 1.165) is 0 Å². The highest BCUT2D eigenvalue weighted by Gasteiger charge is 2.11. The number of nitrogens with zero attached hydrogens (tertiary/aromatic N) is 4. The van der Waals surface area contributed by atoms with Crippen molar-refractivity contribution in [2.45, 2.75) is 13.0 Å². The highest BCUT2D eigenvalue weighted by atomic mass is 35.5. The van der Waals surface area contributed by atoms with Gasteiger partial charge in [0.05, 0.1) is 5.02 Å². The van der Waals surface area contributed by atoms with Gasteiger partial charge in [-0.3, -0.25) is 0 Å². The number of rotatable bonds is 6. The Bertz CT molecular complexity index is 826. The predicted octanol–water partition coefficient (Wildman–Crippen LogP) is 2.61. The van der Waals surface area contributed by atoms with Crippen LogP contribution in [0.15, 0.2) is 23.0 Å². The fourth-order valence-electron chi connectivity index (χ4n) is 2.08. The molecule has 3 aromatic rings. The standard InChI is InChI=1S/C14H13ClFN5O2/c1-22-6-10-20-11(23-21-10)4-5-17-14-8-2-3-9(15)12(16)13(8)18-7-19-14/h2-3,7H,4-6H2,1H3,(H,17,18,19). The van der Waals surface area contributed by atoms with Gasteiger partial charge in [0, 0.05) is 25.5 Å². The Morgan fingerprint density at radius 2 is 2.22 bits per heavy atom. The molecule has 1 N–H and O–H groups in total. The lowest BCUT2D eigenvalue weighted by Gasteiger charge is -2.08. The number of ether oxygens (including phenoxy) is 1. The summed E-state index contributed by atoms with van der Waals surface area (Å²) < 4.78 is 24.0. The minimum absolute atomic E-state index is 0.0266. The molecular formula is C14H13ClFN5O2. The average molecular weight is 338 g/mol. The number of halogens is 2. The van der Waals surface area contributed by atoms with Crippen LogP contribution in [0.1, 0.15) is 11.7 Å². The highest BCUT2D eigenvalue weighted by Crippen LogP contribution is 2.26. The van der Waals surface area contributed by atoms with Crippen molar-refractivity contribution in [3.63, 3.8) is 0 Å². The molecule has 2 aromatic heterocycles. The molecule has 23 heavy (non-hydrogen) atoms. The van der Waals surface area contributed by atoms with Gasteiger partial charge in [0.1, 0.15) is 24.3 Å². The molecule has 0 spiro atoms. The topological polar surface area (TPSA) is 86.0 Å². The normalized spacial score (nSPS) is 11.1. The molecule has 0 saturated carbocycles. The van der Waals surface area contributed by atoms with Gasteiger partial charge in [-0.05, 0) is 12.1 Å². The second kappa shape index (κ2) is 6.84. The second-order valence-electron chi connectivity index (χ2n) is 4.69. The molecule has 0 saturated heterocycles. The second-order valence-corrected chi connectivity index (χ2v) is 5.10. The fourth-order valence-corrected chi connectivity index (χ4v) is 2.23. The molecule has 0 bridgehead atoms. The van der Waals surface area contributed by atoms with E-state index < -0.39 is 5.82 Å². The van der Waals surface area contributed by atoms with Gasteiger partial charge in [-0.2, -0.15) is 4.98 Å². The molecule has 0 fully saturated rings. The molecule has 0 amide bonds. The van der Waals surface area contributed by atoms with Crippen LogP contribution in [-0.2, 0) is 17.8 Å². The van der Waals surface area contributed by atoms with Crippen molar-refractivity contribution in [2.75, 3.05) is 19.0 Å². The van der Waals surface area contributed by atoms with Crippen LogP contribution in [0.2, 0.25) is 5.02 Å². The number of anilines is 1. The number of aromatic nitrogens is 4. The Labute approximate surface area is 135 Å². The number of hydrogen-bond donors (Lipinski definition) is 1. The molecular weight excluding hydrogens is 325 g/mol. The molecule has 0 aliphatic rings. The van der Waals surface area contributed by atoms with E-state index in [1.54, 1.807) is 13.2 Å². The quantitative estimate of drug-likeness (QED) is 0.739. The van der Waals surface area contributed by atoms with Crippen LogP contribution in [0, 0.1) is 5.82 Å². The maximum Gasteiger partial charge on any atom is 0.228 e. The van der Waals surface area contributed by atoms with E-state index >= 15 is 0 Å². The van der Waals surface area contributed by atoms with Crippen molar-refractivity contribution in [2.24, 2.45) is 0 Å². The molecule has 0 aliphatic carbocycles. The maximum absolute atomic E-state index is 13.9. The Kier molecular flexibility index (Phi) is 4.63. The summed E-state index contributed by atoms with van der Waals surface area (Å²) in [6.45, 7) is 0.790. The van der Waals surface area contributed by atoms with Gasteiger partial charge in [-0.15, -0.1) is 0 Å². The Hall–Kier alpha value is -2.32. The lowest BCUT2D eigenvalue weighted by Crippen LogP contribution is -2.07. The number of nitrogens with one attached hydrogen (secondary N) is 1. The maximum atomic E-state index is 13.9. The summed E-state index contributed by atoms with van der Waals surface area (Å²) in [6, 6.07) is 3.15. The number of methoxy groups -OCH3 is 1. The molecule has 0 radical (unpaired) electrons. The summed E-state index contributed by atoms with van der Waals surface area (Å²) >= 11 is 5.76. The first kappa shape index (κ1) is 15.6. The summed E-state index contributed by atoms with van der Waals surface area (Å²) in [5, 5.41) is 7.46.